The number of carboxylic acid groups (broad SMARTS) is 1. The van der Waals surface area contributed by atoms with Crippen LogP contribution in [0.4, 0.5) is 0 Å². The summed E-state index contributed by atoms with van der Waals surface area (Å²) < 4.78 is 1.41. The fraction of sp³-hybridized carbons (Fsp3) is 0.125. The molecule has 0 saturated heterocycles. The number of carbonyl (C=O) groups is 1. The molecule has 70 valence electrons. The van der Waals surface area contributed by atoms with Gasteiger partial charge in [-0.15, -0.1) is 0 Å². The monoisotopic (exact) mass is 326 g/mol. The zero-order chi connectivity index (χ0) is 10.0. The molecule has 0 unspecified atom stereocenters. The van der Waals surface area contributed by atoms with Gasteiger partial charge in [-0.2, -0.15) is 0 Å². The first-order valence-electron chi connectivity index (χ1n) is 3.36. The average Bonchev–Trinajstić information content (AvgIpc) is 1.96. The van der Waals surface area contributed by atoms with Gasteiger partial charge in [-0.3, -0.25) is 4.79 Å². The second kappa shape index (κ2) is 4.44. The summed E-state index contributed by atoms with van der Waals surface area (Å²) in [6.45, 7) is 0. The van der Waals surface area contributed by atoms with Crippen LogP contribution in [0.1, 0.15) is 5.56 Å². The minimum atomic E-state index is -0.872. The van der Waals surface area contributed by atoms with E-state index in [2.05, 4.69) is 31.9 Å². The Morgan fingerprint density at radius 2 is 1.85 bits per heavy atom. The summed E-state index contributed by atoms with van der Waals surface area (Å²) in [5, 5.41) is 9.17. The van der Waals surface area contributed by atoms with Gasteiger partial charge in [0.1, 0.15) is 0 Å². The van der Waals surface area contributed by atoms with Crippen molar-refractivity contribution in [3.63, 3.8) is 0 Å². The molecule has 0 aliphatic carbocycles. The fourth-order valence-electron chi connectivity index (χ4n) is 0.892. The summed E-state index contributed by atoms with van der Waals surface area (Å²) in [6.07, 6.45) is -0.0294. The number of rotatable bonds is 2. The molecule has 5 heteroatoms. The third kappa shape index (κ3) is 2.97. The Balaban J connectivity index is 3.13. The van der Waals surface area contributed by atoms with Crippen molar-refractivity contribution in [3.05, 3.63) is 31.7 Å². The largest absolute Gasteiger partial charge is 0.481 e. The van der Waals surface area contributed by atoms with Gasteiger partial charge in [-0.05, 0) is 17.7 Å². The van der Waals surface area contributed by atoms with Crippen molar-refractivity contribution in [2.75, 3.05) is 0 Å². The SMILES string of the molecule is O=C(O)Cc1c(Br)cc(Cl)cc1Br. The Labute approximate surface area is 97.2 Å². The minimum absolute atomic E-state index is 0.0294. The van der Waals surface area contributed by atoms with E-state index in [9.17, 15) is 4.79 Å². The van der Waals surface area contributed by atoms with Crippen LogP contribution in [-0.2, 0) is 11.2 Å². The number of hydrogen-bond acceptors (Lipinski definition) is 1. The van der Waals surface area contributed by atoms with E-state index >= 15 is 0 Å². The summed E-state index contributed by atoms with van der Waals surface area (Å²) in [7, 11) is 0. The molecule has 0 aliphatic rings. The van der Waals surface area contributed by atoms with Gasteiger partial charge in [0.25, 0.3) is 0 Å². The molecular formula is C8H5Br2ClO2. The molecular weight excluding hydrogens is 323 g/mol. The van der Waals surface area contributed by atoms with Crippen LogP contribution in [-0.4, -0.2) is 11.1 Å². The molecule has 0 radical (unpaired) electrons. The second-order valence-corrected chi connectivity index (χ2v) is 4.56. The van der Waals surface area contributed by atoms with Crippen molar-refractivity contribution < 1.29 is 9.90 Å². The molecule has 0 amide bonds. The Kier molecular flexibility index (Phi) is 3.76. The number of carboxylic acids is 1. The van der Waals surface area contributed by atoms with Gasteiger partial charge >= 0.3 is 5.97 Å². The van der Waals surface area contributed by atoms with Crippen LogP contribution in [0, 0.1) is 0 Å². The van der Waals surface area contributed by atoms with E-state index in [0.29, 0.717) is 19.5 Å². The topological polar surface area (TPSA) is 37.3 Å². The predicted octanol–water partition coefficient (Wildman–Crippen LogP) is 3.49. The van der Waals surface area contributed by atoms with Gasteiger partial charge in [0.15, 0.2) is 0 Å². The van der Waals surface area contributed by atoms with Gasteiger partial charge in [0.05, 0.1) is 6.42 Å². The minimum Gasteiger partial charge on any atom is -0.481 e. The number of aliphatic carboxylic acids is 1. The standard InChI is InChI=1S/C8H5Br2ClO2/c9-6-1-4(11)2-7(10)5(6)3-8(12)13/h1-2H,3H2,(H,12,13). The van der Waals surface area contributed by atoms with Gasteiger partial charge in [-0.1, -0.05) is 43.5 Å². The highest BCUT2D eigenvalue weighted by Crippen LogP contribution is 2.29. The van der Waals surface area contributed by atoms with Crippen molar-refractivity contribution in [3.8, 4) is 0 Å². The summed E-state index contributed by atoms with van der Waals surface area (Å²) in [6, 6.07) is 3.34. The maximum atomic E-state index is 10.5. The van der Waals surface area contributed by atoms with Crippen LogP contribution in [0.15, 0.2) is 21.1 Å². The normalized spacial score (nSPS) is 10.1. The molecule has 1 aromatic rings. The summed E-state index contributed by atoms with van der Waals surface area (Å²) in [5.41, 5.74) is 0.692. The van der Waals surface area contributed by atoms with Crippen molar-refractivity contribution in [1.29, 1.82) is 0 Å². The highest BCUT2D eigenvalue weighted by molar-refractivity contribution is 9.11. The molecule has 0 aromatic heterocycles. The molecule has 0 aliphatic heterocycles. The van der Waals surface area contributed by atoms with Crippen LogP contribution >= 0.6 is 43.5 Å². The van der Waals surface area contributed by atoms with Crippen LogP contribution in [0.2, 0.25) is 5.02 Å². The van der Waals surface area contributed by atoms with E-state index in [4.69, 9.17) is 16.7 Å². The fourth-order valence-corrected chi connectivity index (χ4v) is 2.84. The maximum absolute atomic E-state index is 10.5. The highest BCUT2D eigenvalue weighted by atomic mass is 79.9. The van der Waals surface area contributed by atoms with Crippen LogP contribution in [0.5, 0.6) is 0 Å². The molecule has 13 heavy (non-hydrogen) atoms. The first kappa shape index (κ1) is 11.0. The molecule has 1 rings (SSSR count). The Morgan fingerprint density at radius 3 is 2.23 bits per heavy atom. The molecule has 0 bridgehead atoms. The number of halogens is 3. The van der Waals surface area contributed by atoms with E-state index in [0.717, 1.165) is 0 Å². The quantitative estimate of drug-likeness (QED) is 0.902. The maximum Gasteiger partial charge on any atom is 0.307 e. The predicted molar refractivity (Wildman–Crippen MR) is 58.2 cm³/mol. The second-order valence-electron chi connectivity index (χ2n) is 2.42. The summed E-state index contributed by atoms with van der Waals surface area (Å²) in [5.74, 6) is -0.872. The number of benzene rings is 1. The molecule has 2 nitrogen and oxygen atoms in total. The smallest absolute Gasteiger partial charge is 0.307 e. The zero-order valence-electron chi connectivity index (χ0n) is 6.35. The lowest BCUT2D eigenvalue weighted by Crippen LogP contribution is -2.01. The van der Waals surface area contributed by atoms with Gasteiger partial charge in [-0.25, -0.2) is 0 Å². The lowest BCUT2D eigenvalue weighted by Gasteiger charge is -2.04. The molecule has 0 spiro atoms. The van der Waals surface area contributed by atoms with Crippen molar-refractivity contribution in [2.45, 2.75) is 6.42 Å². The van der Waals surface area contributed by atoms with E-state index in [-0.39, 0.29) is 6.42 Å². The van der Waals surface area contributed by atoms with Gasteiger partial charge in [0.2, 0.25) is 0 Å². The molecule has 0 fully saturated rings. The van der Waals surface area contributed by atoms with E-state index in [1.54, 1.807) is 12.1 Å². The van der Waals surface area contributed by atoms with Crippen molar-refractivity contribution in [2.24, 2.45) is 0 Å². The highest BCUT2D eigenvalue weighted by Gasteiger charge is 2.10. The van der Waals surface area contributed by atoms with Crippen LogP contribution in [0.3, 0.4) is 0 Å². The molecule has 0 atom stereocenters. The van der Waals surface area contributed by atoms with Crippen molar-refractivity contribution in [1.82, 2.24) is 0 Å². The Bertz CT molecular complexity index is 329. The number of hydrogen-bond donors (Lipinski definition) is 1. The first-order valence-corrected chi connectivity index (χ1v) is 5.32. The third-order valence-corrected chi connectivity index (χ3v) is 3.07. The Hall–Kier alpha value is -0.0600. The first-order chi connectivity index (χ1) is 6.00. The third-order valence-electron chi connectivity index (χ3n) is 1.43. The van der Waals surface area contributed by atoms with Crippen molar-refractivity contribution >= 4 is 49.4 Å². The van der Waals surface area contributed by atoms with Crippen LogP contribution < -0.4 is 0 Å². The van der Waals surface area contributed by atoms with E-state index < -0.39 is 5.97 Å². The zero-order valence-corrected chi connectivity index (χ0v) is 10.3. The molecule has 0 saturated carbocycles. The molecule has 1 aromatic carbocycles. The molecule has 0 heterocycles. The Morgan fingerprint density at radius 1 is 1.38 bits per heavy atom. The molecule has 1 N–H and O–H groups in total. The summed E-state index contributed by atoms with van der Waals surface area (Å²) >= 11 is 12.2. The van der Waals surface area contributed by atoms with E-state index in [1.165, 1.54) is 0 Å². The lowest BCUT2D eigenvalue weighted by molar-refractivity contribution is -0.136. The lowest BCUT2D eigenvalue weighted by atomic mass is 10.1. The summed E-state index contributed by atoms with van der Waals surface area (Å²) in [4.78, 5) is 10.5. The van der Waals surface area contributed by atoms with Gasteiger partial charge < -0.3 is 5.11 Å². The average molecular weight is 328 g/mol. The van der Waals surface area contributed by atoms with Crippen LogP contribution in [0.25, 0.3) is 0 Å². The van der Waals surface area contributed by atoms with Gasteiger partial charge in [0, 0.05) is 14.0 Å². The van der Waals surface area contributed by atoms with E-state index in [1.807, 2.05) is 0 Å².